The predicted molar refractivity (Wildman–Crippen MR) is 223 cm³/mol. The normalized spacial score (nSPS) is 50.9. The third-order valence-electron chi connectivity index (χ3n) is 20.4. The number of hydrogen-bond acceptors (Lipinski definition) is 11. The summed E-state index contributed by atoms with van der Waals surface area (Å²) in [4.78, 5) is 60.1. The topological polar surface area (TPSA) is 144 Å². The van der Waals surface area contributed by atoms with Gasteiger partial charge in [0.25, 0.3) is 0 Å². The molecular weight excluding hydrogens is 770 g/mol. The smallest absolute Gasteiger partial charge is 0.411 e. The van der Waals surface area contributed by atoms with E-state index in [0.717, 1.165) is 102 Å². The molecule has 2 saturated heterocycles. The Hall–Kier alpha value is -2.31. The van der Waals surface area contributed by atoms with E-state index in [-0.39, 0.29) is 82.7 Å². The average Bonchev–Trinajstić information content (AvgIpc) is 4.03. The number of halogens is 1. The summed E-state index contributed by atoms with van der Waals surface area (Å²) < 4.78 is 0. The summed E-state index contributed by atoms with van der Waals surface area (Å²) in [5.41, 5.74) is 0.0177. The average molecular weight is 842 g/mol. The number of Topliss-reactive ketones (excluding diaryl/α,β-unsaturated/α-hetero) is 2. The minimum absolute atomic E-state index is 0. The third-order valence-corrected chi connectivity index (χ3v) is 20.4. The van der Waals surface area contributed by atoms with Crippen LogP contribution in [0, 0.1) is 73.9 Å². The van der Waals surface area contributed by atoms with Crippen LogP contribution in [0.25, 0.3) is 0 Å². The van der Waals surface area contributed by atoms with E-state index in [1.165, 1.54) is 25.7 Å². The molecule has 2 N–H and O–H groups in total. The molecule has 0 radical (unpaired) electrons. The Morgan fingerprint density at radius 1 is 0.593 bits per heavy atom. The second-order valence-electron chi connectivity index (χ2n) is 22.1. The minimum Gasteiger partial charge on any atom is -0.411 e. The lowest BCUT2D eigenvalue weighted by molar-refractivity contribution is -0.995. The minimum atomic E-state index is -0.469. The van der Waals surface area contributed by atoms with Crippen LogP contribution in [0.2, 0.25) is 0 Å². The van der Waals surface area contributed by atoms with Crippen LogP contribution in [0.5, 0.6) is 0 Å². The molecule has 0 aromatic rings. The second-order valence-corrected chi connectivity index (χ2v) is 22.1. The number of fused-ring (bicyclic) bond motifs is 10. The van der Waals surface area contributed by atoms with Crippen molar-refractivity contribution in [1.29, 1.82) is 0 Å². The van der Waals surface area contributed by atoms with E-state index in [1.54, 1.807) is 0 Å². The van der Waals surface area contributed by atoms with E-state index in [0.29, 0.717) is 42.3 Å². The second kappa shape index (κ2) is 15.2. The summed E-state index contributed by atoms with van der Waals surface area (Å²) in [6, 6.07) is 0.451. The number of carbonyl (C=O) groups is 2. The third kappa shape index (κ3) is 6.14. The highest BCUT2D eigenvalue weighted by Crippen LogP contribution is 2.67. The van der Waals surface area contributed by atoms with Gasteiger partial charge in [-0.05, 0) is 152 Å². The SMILES string of the molecule is C[C@]12C(=NO)CC(N3CCCC3)CC1C(O[N+](=O)OC1C[C@@H]3[C@@H](CC[C@]4(C)C(=O)CC[C@@H]34)[C@@]3(C)C(=NO)CC(N4CCCC4)CC13)C[C@@H]1[C@H]2CC[C@]2(C)C(=O)CC[C@@H]12.Cl. The lowest BCUT2D eigenvalue weighted by Crippen LogP contribution is -2.64. The number of likely N-dealkylation sites (tertiary alicyclic amines) is 2. The van der Waals surface area contributed by atoms with Crippen molar-refractivity contribution < 1.29 is 34.8 Å². The Morgan fingerprint density at radius 2 is 0.983 bits per heavy atom. The molecule has 12 nitrogen and oxygen atoms in total. The van der Waals surface area contributed by atoms with Crippen molar-refractivity contribution in [3.63, 3.8) is 0 Å². The Kier molecular flexibility index (Phi) is 10.8. The predicted octanol–water partition coefficient (Wildman–Crippen LogP) is 8.04. The van der Waals surface area contributed by atoms with Gasteiger partial charge in [0.1, 0.15) is 16.5 Å². The van der Waals surface area contributed by atoms with E-state index in [1.807, 2.05) is 0 Å². The highest BCUT2D eigenvalue weighted by molar-refractivity contribution is 5.93. The molecule has 6 unspecified atom stereocenters. The van der Waals surface area contributed by atoms with E-state index >= 15 is 0 Å². The molecule has 59 heavy (non-hydrogen) atoms. The van der Waals surface area contributed by atoms with Crippen LogP contribution in [0.3, 0.4) is 0 Å². The monoisotopic (exact) mass is 841 g/mol. The van der Waals surface area contributed by atoms with Gasteiger partial charge in [0, 0.05) is 71.3 Å². The first-order chi connectivity index (χ1) is 27.8. The van der Waals surface area contributed by atoms with Gasteiger partial charge < -0.3 is 10.4 Å². The fourth-order valence-electron chi connectivity index (χ4n) is 17.3. The first-order valence-electron chi connectivity index (χ1n) is 23.6. The van der Waals surface area contributed by atoms with Crippen molar-refractivity contribution in [2.45, 2.75) is 168 Å². The summed E-state index contributed by atoms with van der Waals surface area (Å²) in [6.07, 6.45) is 14.8. The maximum atomic E-state index is 14.7. The van der Waals surface area contributed by atoms with Crippen molar-refractivity contribution in [2.75, 3.05) is 26.2 Å². The molecule has 2 heterocycles. The van der Waals surface area contributed by atoms with Gasteiger partial charge in [0.2, 0.25) is 0 Å². The fraction of sp³-hybridized carbons (Fsp3) is 0.913. The number of rotatable bonds is 6. The van der Waals surface area contributed by atoms with E-state index in [9.17, 15) is 24.9 Å². The quantitative estimate of drug-likeness (QED) is 0.201. The van der Waals surface area contributed by atoms with Gasteiger partial charge in [-0.1, -0.05) is 38.0 Å². The lowest BCUT2D eigenvalue weighted by atomic mass is 9.44. The zero-order valence-corrected chi connectivity index (χ0v) is 36.9. The molecule has 0 aromatic heterocycles. The Morgan fingerprint density at radius 3 is 1.36 bits per heavy atom. The fourth-order valence-corrected chi connectivity index (χ4v) is 17.3. The van der Waals surface area contributed by atoms with Crippen molar-refractivity contribution >= 4 is 35.4 Å². The molecule has 8 aliphatic carbocycles. The molecular formula is C46H71ClN5O7+. The van der Waals surface area contributed by atoms with Crippen molar-refractivity contribution in [1.82, 2.24) is 9.80 Å². The maximum absolute atomic E-state index is 14.7. The number of carbonyl (C=O) groups excluding carboxylic acids is 2. The van der Waals surface area contributed by atoms with E-state index in [2.05, 4.69) is 47.8 Å². The van der Waals surface area contributed by atoms with Crippen LogP contribution in [0.4, 0.5) is 0 Å². The number of ketones is 2. The molecule has 0 amide bonds. The van der Waals surface area contributed by atoms with Gasteiger partial charge in [0.05, 0.1) is 11.4 Å². The van der Waals surface area contributed by atoms with Gasteiger partial charge in [-0.3, -0.25) is 19.4 Å². The van der Waals surface area contributed by atoms with E-state index in [4.69, 9.17) is 9.68 Å². The first kappa shape index (κ1) is 42.0. The number of nitrogens with zero attached hydrogens (tertiary/aromatic N) is 5. The van der Waals surface area contributed by atoms with Gasteiger partial charge in [-0.2, -0.15) is 9.68 Å². The molecule has 2 aliphatic heterocycles. The molecule has 10 rings (SSSR count). The van der Waals surface area contributed by atoms with Crippen LogP contribution in [0.1, 0.15) is 143 Å². The summed E-state index contributed by atoms with van der Waals surface area (Å²) in [6.45, 7) is 13.1. The van der Waals surface area contributed by atoms with Crippen molar-refractivity contribution in [3.8, 4) is 0 Å². The van der Waals surface area contributed by atoms with Crippen LogP contribution in [0.15, 0.2) is 10.3 Å². The van der Waals surface area contributed by atoms with Gasteiger partial charge in [0.15, 0.2) is 12.2 Å². The summed E-state index contributed by atoms with van der Waals surface area (Å²) in [5.74, 6) is 1.92. The lowest BCUT2D eigenvalue weighted by Gasteiger charge is -2.61. The van der Waals surface area contributed by atoms with Crippen molar-refractivity contribution in [2.24, 2.45) is 79.3 Å². The Labute approximate surface area is 356 Å². The van der Waals surface area contributed by atoms with Crippen LogP contribution < -0.4 is 0 Å². The molecule has 10 aliphatic rings. The maximum Gasteiger partial charge on any atom is 0.478 e. The summed E-state index contributed by atoms with van der Waals surface area (Å²) >= 11 is 0. The van der Waals surface area contributed by atoms with Gasteiger partial charge in [-0.25, -0.2) is 0 Å². The summed E-state index contributed by atoms with van der Waals surface area (Å²) in [5, 5.41) is 30.3. The largest absolute Gasteiger partial charge is 0.478 e. The Balaban J connectivity index is 0.00000449. The van der Waals surface area contributed by atoms with E-state index < -0.39 is 23.0 Å². The number of oxime groups is 2. The van der Waals surface area contributed by atoms with Crippen LogP contribution >= 0.6 is 12.4 Å². The van der Waals surface area contributed by atoms with Gasteiger partial charge >= 0.3 is 5.09 Å². The van der Waals surface area contributed by atoms with Crippen LogP contribution in [-0.2, 0) is 19.3 Å². The molecule has 0 spiro atoms. The van der Waals surface area contributed by atoms with Crippen molar-refractivity contribution in [3.05, 3.63) is 4.91 Å². The molecule has 0 aromatic carbocycles. The van der Waals surface area contributed by atoms with Gasteiger partial charge in [-0.15, -0.1) is 12.4 Å². The molecule has 8 saturated carbocycles. The zero-order chi connectivity index (χ0) is 40.4. The Bertz CT molecular complexity index is 1630. The van der Waals surface area contributed by atoms with Crippen LogP contribution in [-0.4, -0.2) is 98.8 Å². The number of hydrogen-bond donors (Lipinski definition) is 2. The molecule has 328 valence electrons. The standard InChI is InChI=1S/C46H69N5O7.ClH/c1-43-15-13-33-29(31(43)9-11-41(43)52)25-37(35-21-27(49-17-5-6-18-49)23-39(47-54)45(33,35)3)57-51(56)58-38-26-30-32-10-12-42(53)44(32,2)16-14-34(30)46(4)36(38)22-28(24-40(46)48-55)50-19-7-8-20-50;/h27-38H,5-26H2,1-4H3,(H-,54,55);1H/p+1/t27?,28?,29-,30-,31-,32-,33+,34+,35?,36?,37?,38?,43-,44-,45+,46+;/m0./s1. The first-order valence-corrected chi connectivity index (χ1v) is 23.6. The molecule has 10 fully saturated rings. The molecule has 13 heteroatoms. The summed E-state index contributed by atoms with van der Waals surface area (Å²) in [7, 11) is 0. The molecule has 0 bridgehead atoms. The molecule has 16 atom stereocenters. The highest BCUT2D eigenvalue weighted by Gasteiger charge is 2.68. The zero-order valence-electron chi connectivity index (χ0n) is 36.1. The highest BCUT2D eigenvalue weighted by atomic mass is 35.5.